The molecule has 0 amide bonds. The second-order valence-corrected chi connectivity index (χ2v) is 4.04. The Labute approximate surface area is 110 Å². The summed E-state index contributed by atoms with van der Waals surface area (Å²) in [6, 6.07) is 15.2. The van der Waals surface area contributed by atoms with Crippen molar-refractivity contribution in [3.63, 3.8) is 0 Å². The highest BCUT2D eigenvalue weighted by molar-refractivity contribution is 5.73. The molecule has 5 nitrogen and oxygen atoms in total. The van der Waals surface area contributed by atoms with Crippen molar-refractivity contribution in [1.29, 1.82) is 0 Å². The molecule has 1 N–H and O–H groups in total. The zero-order valence-electron chi connectivity index (χ0n) is 10.2. The molecule has 1 heterocycles. The lowest BCUT2D eigenvalue weighted by atomic mass is 10.3. The lowest BCUT2D eigenvalue weighted by molar-refractivity contribution is 0.201. The monoisotopic (exact) mass is 255 g/mol. The van der Waals surface area contributed by atoms with Crippen LogP contribution in [0.3, 0.4) is 0 Å². The van der Waals surface area contributed by atoms with Crippen LogP contribution < -0.4 is 4.74 Å². The van der Waals surface area contributed by atoms with Gasteiger partial charge in [-0.2, -0.15) is 4.80 Å². The first-order valence-electron chi connectivity index (χ1n) is 6.03. The zero-order valence-corrected chi connectivity index (χ0v) is 10.2. The molecule has 0 atom stereocenters. The molecule has 0 unspecified atom stereocenters. The molecule has 0 bridgehead atoms. The van der Waals surface area contributed by atoms with Gasteiger partial charge >= 0.3 is 0 Å². The molecular weight excluding hydrogens is 242 g/mol. The van der Waals surface area contributed by atoms with Crippen molar-refractivity contribution < 1.29 is 9.84 Å². The normalized spacial score (nSPS) is 10.8. The second-order valence-electron chi connectivity index (χ2n) is 4.04. The maximum absolute atomic E-state index is 8.69. The minimum Gasteiger partial charge on any atom is -0.491 e. The van der Waals surface area contributed by atoms with Crippen molar-refractivity contribution in [3.8, 4) is 11.4 Å². The maximum Gasteiger partial charge on any atom is 0.119 e. The number of rotatable bonds is 4. The van der Waals surface area contributed by atoms with Crippen molar-refractivity contribution in [2.75, 3.05) is 13.2 Å². The number of hydrogen-bond donors (Lipinski definition) is 1. The number of benzene rings is 2. The van der Waals surface area contributed by atoms with Crippen molar-refractivity contribution in [3.05, 3.63) is 48.5 Å². The quantitative estimate of drug-likeness (QED) is 0.772. The predicted molar refractivity (Wildman–Crippen MR) is 71.4 cm³/mol. The molecule has 0 radical (unpaired) electrons. The van der Waals surface area contributed by atoms with Gasteiger partial charge in [0.1, 0.15) is 23.4 Å². The largest absolute Gasteiger partial charge is 0.491 e. The fourth-order valence-electron chi connectivity index (χ4n) is 1.81. The van der Waals surface area contributed by atoms with Gasteiger partial charge in [0.2, 0.25) is 0 Å². The van der Waals surface area contributed by atoms with Gasteiger partial charge in [0.15, 0.2) is 0 Å². The summed E-state index contributed by atoms with van der Waals surface area (Å²) in [6.07, 6.45) is 0. The van der Waals surface area contributed by atoms with Gasteiger partial charge in [-0.1, -0.05) is 12.1 Å². The van der Waals surface area contributed by atoms with Gasteiger partial charge in [0.25, 0.3) is 0 Å². The van der Waals surface area contributed by atoms with Crippen LogP contribution in [0.4, 0.5) is 0 Å². The van der Waals surface area contributed by atoms with Crippen LogP contribution in [0.15, 0.2) is 48.5 Å². The van der Waals surface area contributed by atoms with E-state index in [0.717, 1.165) is 22.5 Å². The Bertz CT molecular complexity index is 643. The highest BCUT2D eigenvalue weighted by Gasteiger charge is 2.03. The minimum absolute atomic E-state index is 0.00779. The molecule has 0 fully saturated rings. The first-order chi connectivity index (χ1) is 9.36. The van der Waals surface area contributed by atoms with E-state index >= 15 is 0 Å². The van der Waals surface area contributed by atoms with Gasteiger partial charge < -0.3 is 9.84 Å². The summed E-state index contributed by atoms with van der Waals surface area (Å²) in [5, 5.41) is 17.5. The van der Waals surface area contributed by atoms with Crippen molar-refractivity contribution in [1.82, 2.24) is 15.0 Å². The minimum atomic E-state index is 0.00779. The summed E-state index contributed by atoms with van der Waals surface area (Å²) >= 11 is 0. The first kappa shape index (κ1) is 11.7. The Morgan fingerprint density at radius 1 is 0.947 bits per heavy atom. The highest BCUT2D eigenvalue weighted by atomic mass is 16.5. The molecule has 3 aromatic rings. The summed E-state index contributed by atoms with van der Waals surface area (Å²) < 4.78 is 5.30. The standard InChI is InChI=1S/C14H13N3O2/c18-9-10-19-12-7-5-11(6-8-12)17-15-13-3-1-2-4-14(13)16-17/h1-8,18H,9-10H2. The molecule has 0 aliphatic carbocycles. The van der Waals surface area contributed by atoms with Crippen molar-refractivity contribution in [2.24, 2.45) is 0 Å². The van der Waals surface area contributed by atoms with Crippen LogP contribution in [0, 0.1) is 0 Å². The fraction of sp³-hybridized carbons (Fsp3) is 0.143. The number of hydrogen-bond acceptors (Lipinski definition) is 4. The molecule has 0 saturated carbocycles. The van der Waals surface area contributed by atoms with Crippen LogP contribution in [-0.4, -0.2) is 33.3 Å². The van der Waals surface area contributed by atoms with Gasteiger partial charge in [-0.05, 0) is 36.4 Å². The number of ether oxygens (including phenoxy) is 1. The van der Waals surface area contributed by atoms with Gasteiger partial charge in [0.05, 0.1) is 12.3 Å². The van der Waals surface area contributed by atoms with Crippen LogP contribution in [0.5, 0.6) is 5.75 Å². The highest BCUT2D eigenvalue weighted by Crippen LogP contribution is 2.16. The van der Waals surface area contributed by atoms with E-state index in [0.29, 0.717) is 6.61 Å². The molecule has 96 valence electrons. The number of aliphatic hydroxyl groups is 1. The Kier molecular flexibility index (Phi) is 3.12. The molecule has 5 heteroatoms. The number of aliphatic hydroxyl groups excluding tert-OH is 1. The number of nitrogens with zero attached hydrogens (tertiary/aromatic N) is 3. The number of fused-ring (bicyclic) bond motifs is 1. The summed E-state index contributed by atoms with van der Waals surface area (Å²) in [4.78, 5) is 1.60. The molecule has 2 aromatic carbocycles. The number of aromatic nitrogens is 3. The van der Waals surface area contributed by atoms with E-state index in [-0.39, 0.29) is 6.61 Å². The van der Waals surface area contributed by atoms with Crippen LogP contribution >= 0.6 is 0 Å². The van der Waals surface area contributed by atoms with Crippen LogP contribution in [0.2, 0.25) is 0 Å². The summed E-state index contributed by atoms with van der Waals surface area (Å²) in [5.74, 6) is 0.717. The zero-order chi connectivity index (χ0) is 13.1. The third-order valence-corrected chi connectivity index (χ3v) is 2.71. The van der Waals surface area contributed by atoms with Gasteiger partial charge in [-0.15, -0.1) is 10.2 Å². The molecule has 3 rings (SSSR count). The molecule has 0 aliphatic rings. The molecule has 19 heavy (non-hydrogen) atoms. The SMILES string of the molecule is OCCOc1ccc(-n2nc3ccccc3n2)cc1. The molecule has 0 spiro atoms. The van der Waals surface area contributed by atoms with E-state index in [4.69, 9.17) is 9.84 Å². The van der Waals surface area contributed by atoms with Crippen molar-refractivity contribution in [2.45, 2.75) is 0 Å². The van der Waals surface area contributed by atoms with E-state index in [1.807, 2.05) is 48.5 Å². The maximum atomic E-state index is 8.69. The van der Waals surface area contributed by atoms with Crippen molar-refractivity contribution >= 4 is 11.0 Å². The van der Waals surface area contributed by atoms with Crippen LogP contribution in [0.1, 0.15) is 0 Å². The molecule has 0 aliphatic heterocycles. The Morgan fingerprint density at radius 2 is 1.58 bits per heavy atom. The fourth-order valence-corrected chi connectivity index (χ4v) is 1.81. The van der Waals surface area contributed by atoms with E-state index in [1.165, 1.54) is 0 Å². The summed E-state index contributed by atoms with van der Waals surface area (Å²) in [6.45, 7) is 0.303. The smallest absolute Gasteiger partial charge is 0.119 e. The van der Waals surface area contributed by atoms with Gasteiger partial charge in [0, 0.05) is 0 Å². The first-order valence-corrected chi connectivity index (χ1v) is 6.03. The Hall–Kier alpha value is -2.40. The van der Waals surface area contributed by atoms with Crippen LogP contribution in [-0.2, 0) is 0 Å². The summed E-state index contributed by atoms with van der Waals surface area (Å²) in [5.41, 5.74) is 2.60. The predicted octanol–water partition coefficient (Wildman–Crippen LogP) is 1.79. The third-order valence-electron chi connectivity index (χ3n) is 2.71. The molecule has 0 saturated heterocycles. The average molecular weight is 255 g/mol. The van der Waals surface area contributed by atoms with E-state index < -0.39 is 0 Å². The second kappa shape index (κ2) is 5.07. The third kappa shape index (κ3) is 2.41. The lowest BCUT2D eigenvalue weighted by Gasteiger charge is -2.04. The van der Waals surface area contributed by atoms with Crippen LogP contribution in [0.25, 0.3) is 16.7 Å². The van der Waals surface area contributed by atoms with Gasteiger partial charge in [-0.3, -0.25) is 0 Å². The Morgan fingerprint density at radius 3 is 2.16 bits per heavy atom. The molecule has 1 aromatic heterocycles. The van der Waals surface area contributed by atoms with E-state index in [1.54, 1.807) is 4.80 Å². The molecular formula is C14H13N3O2. The summed E-state index contributed by atoms with van der Waals surface area (Å²) in [7, 11) is 0. The van der Waals surface area contributed by atoms with E-state index in [9.17, 15) is 0 Å². The lowest BCUT2D eigenvalue weighted by Crippen LogP contribution is -2.02. The van der Waals surface area contributed by atoms with E-state index in [2.05, 4.69) is 10.2 Å². The topological polar surface area (TPSA) is 60.2 Å². The Balaban J connectivity index is 1.88. The van der Waals surface area contributed by atoms with Gasteiger partial charge in [-0.25, -0.2) is 0 Å². The average Bonchev–Trinajstić information content (AvgIpc) is 2.89.